The molecule has 9 heteroatoms. The van der Waals surface area contributed by atoms with E-state index in [9.17, 15) is 9.59 Å². The number of hydrogen-bond acceptors (Lipinski definition) is 8. The topological polar surface area (TPSA) is 105 Å². The van der Waals surface area contributed by atoms with E-state index in [4.69, 9.17) is 4.74 Å². The molecule has 0 aliphatic rings. The minimum Gasteiger partial charge on any atom is -0.435 e. The van der Waals surface area contributed by atoms with Crippen LogP contribution in [0.2, 0.25) is 0 Å². The summed E-state index contributed by atoms with van der Waals surface area (Å²) in [4.78, 5) is 22.6. The maximum Gasteiger partial charge on any atom is 0.510 e. The number of ether oxygens (including phenoxy) is 3. The van der Waals surface area contributed by atoms with Crippen LogP contribution in [0.25, 0.3) is 0 Å². The number of rotatable bonds is 7. The maximum atomic E-state index is 10.9. The van der Waals surface area contributed by atoms with E-state index >= 15 is 0 Å². The molecule has 18 heavy (non-hydrogen) atoms. The number of ketones is 1. The van der Waals surface area contributed by atoms with Gasteiger partial charge in [-0.15, -0.1) is 15.0 Å². The highest BCUT2D eigenvalue weighted by molar-refractivity contribution is 5.76. The monoisotopic (exact) mass is 258 g/mol. The molecule has 0 saturated heterocycles. The maximum absolute atomic E-state index is 10.9. The molecule has 0 unspecified atom stereocenters. The highest BCUT2D eigenvalue weighted by Crippen LogP contribution is 1.93. The van der Waals surface area contributed by atoms with E-state index < -0.39 is 6.16 Å². The summed E-state index contributed by atoms with van der Waals surface area (Å²) in [7, 11) is 0. The molecule has 0 N–H and O–H groups in total. The van der Waals surface area contributed by atoms with Crippen molar-refractivity contribution in [1.82, 2.24) is 20.2 Å². The van der Waals surface area contributed by atoms with Crippen LogP contribution in [0.5, 0.6) is 0 Å². The highest BCUT2D eigenvalue weighted by Gasteiger charge is 2.06. The van der Waals surface area contributed by atoms with E-state index in [2.05, 4.69) is 24.9 Å². The summed E-state index contributed by atoms with van der Waals surface area (Å²) < 4.78 is 14.2. The Bertz CT molecular complexity index is 405. The molecule has 0 atom stereocenters. The number of nitrogens with zero attached hydrogens (tertiary/aromatic N) is 4. The summed E-state index contributed by atoms with van der Waals surface area (Å²) in [5.41, 5.74) is 0. The van der Waals surface area contributed by atoms with Crippen LogP contribution < -0.4 is 0 Å². The summed E-state index contributed by atoms with van der Waals surface area (Å²) >= 11 is 0. The third-order valence-corrected chi connectivity index (χ3v) is 1.59. The minimum absolute atomic E-state index is 0.00609. The third kappa shape index (κ3) is 5.34. The molecule has 0 bridgehead atoms. The molecule has 0 fully saturated rings. The van der Waals surface area contributed by atoms with Gasteiger partial charge >= 0.3 is 6.16 Å². The van der Waals surface area contributed by atoms with E-state index in [1.165, 1.54) is 6.92 Å². The van der Waals surface area contributed by atoms with Gasteiger partial charge < -0.3 is 14.2 Å². The lowest BCUT2D eigenvalue weighted by Gasteiger charge is -2.02. The number of carbonyl (C=O) groups excluding carboxylic acids is 2. The summed E-state index contributed by atoms with van der Waals surface area (Å²) in [6.45, 7) is 3.18. The van der Waals surface area contributed by atoms with Crippen LogP contribution in [-0.2, 0) is 32.3 Å². The summed E-state index contributed by atoms with van der Waals surface area (Å²) in [6.07, 6.45) is -0.802. The Balaban J connectivity index is 2.29. The Morgan fingerprint density at radius 3 is 2.78 bits per heavy atom. The van der Waals surface area contributed by atoms with Crippen LogP contribution in [0.1, 0.15) is 19.7 Å². The van der Waals surface area contributed by atoms with Crippen molar-refractivity contribution in [3.8, 4) is 0 Å². The number of Topliss-reactive ketones (excluding diaryl/α,β-unsaturated/α-hetero) is 1. The molecule has 1 aromatic rings. The fourth-order valence-electron chi connectivity index (χ4n) is 0.945. The Morgan fingerprint density at radius 2 is 2.11 bits per heavy atom. The standard InChI is InChI=1S/C9H14N4O5/c1-3-17-9(15)18-6-13-11-8(10-12-13)5-16-4-7(2)14/h3-6H2,1-2H3. The van der Waals surface area contributed by atoms with Gasteiger partial charge in [0, 0.05) is 0 Å². The predicted molar refractivity (Wildman–Crippen MR) is 56.3 cm³/mol. The van der Waals surface area contributed by atoms with Crippen molar-refractivity contribution in [3.05, 3.63) is 5.82 Å². The van der Waals surface area contributed by atoms with E-state index in [1.54, 1.807) is 6.92 Å². The van der Waals surface area contributed by atoms with Gasteiger partial charge in [-0.3, -0.25) is 4.79 Å². The molecule has 0 radical (unpaired) electrons. The van der Waals surface area contributed by atoms with Gasteiger partial charge in [0.1, 0.15) is 13.2 Å². The minimum atomic E-state index is -0.802. The van der Waals surface area contributed by atoms with Crippen molar-refractivity contribution in [2.24, 2.45) is 0 Å². The number of carbonyl (C=O) groups is 2. The fourth-order valence-corrected chi connectivity index (χ4v) is 0.945. The first-order valence-corrected chi connectivity index (χ1v) is 5.25. The van der Waals surface area contributed by atoms with Gasteiger partial charge in [0.15, 0.2) is 5.78 Å². The average molecular weight is 258 g/mol. The SMILES string of the molecule is CCOC(=O)OCn1nnc(COCC(C)=O)n1. The Hall–Kier alpha value is -2.03. The van der Waals surface area contributed by atoms with Crippen LogP contribution in [0, 0.1) is 0 Å². The molecule has 0 saturated carbocycles. The zero-order valence-electron chi connectivity index (χ0n) is 10.2. The van der Waals surface area contributed by atoms with Crippen LogP contribution >= 0.6 is 0 Å². The van der Waals surface area contributed by atoms with E-state index in [-0.39, 0.29) is 32.3 Å². The predicted octanol–water partition coefficient (Wildman–Crippen LogP) is -0.0907. The molecule has 0 aliphatic heterocycles. The Kier molecular flexibility index (Phi) is 5.71. The van der Waals surface area contributed by atoms with Crippen LogP contribution in [-0.4, -0.2) is 45.4 Å². The molecule has 0 aromatic carbocycles. The summed E-state index contributed by atoms with van der Waals surface area (Å²) in [5, 5.41) is 11.1. The molecule has 0 spiro atoms. The second-order valence-corrected chi connectivity index (χ2v) is 3.23. The lowest BCUT2D eigenvalue weighted by molar-refractivity contribution is -0.121. The van der Waals surface area contributed by atoms with Gasteiger partial charge in [-0.25, -0.2) is 4.79 Å². The van der Waals surface area contributed by atoms with Gasteiger partial charge in [0.25, 0.3) is 0 Å². The molecular weight excluding hydrogens is 244 g/mol. The Morgan fingerprint density at radius 1 is 1.33 bits per heavy atom. The van der Waals surface area contributed by atoms with E-state index in [1.807, 2.05) is 0 Å². The van der Waals surface area contributed by atoms with Crippen molar-refractivity contribution in [3.63, 3.8) is 0 Å². The lowest BCUT2D eigenvalue weighted by Crippen LogP contribution is -2.13. The number of hydrogen-bond donors (Lipinski definition) is 0. The van der Waals surface area contributed by atoms with Gasteiger partial charge in [-0.05, 0) is 19.1 Å². The molecule has 0 aliphatic carbocycles. The zero-order valence-corrected chi connectivity index (χ0v) is 10.2. The van der Waals surface area contributed by atoms with Crippen molar-refractivity contribution in [2.75, 3.05) is 13.2 Å². The van der Waals surface area contributed by atoms with Crippen molar-refractivity contribution >= 4 is 11.9 Å². The smallest absolute Gasteiger partial charge is 0.435 e. The molecule has 9 nitrogen and oxygen atoms in total. The quantitative estimate of drug-likeness (QED) is 0.625. The Labute approximate surface area is 103 Å². The average Bonchev–Trinajstić information content (AvgIpc) is 2.74. The second-order valence-electron chi connectivity index (χ2n) is 3.23. The number of tetrazole rings is 1. The molecule has 100 valence electrons. The van der Waals surface area contributed by atoms with Gasteiger partial charge in [0.05, 0.1) is 6.61 Å². The number of aromatic nitrogens is 4. The van der Waals surface area contributed by atoms with E-state index in [0.29, 0.717) is 5.82 Å². The van der Waals surface area contributed by atoms with E-state index in [0.717, 1.165) is 4.80 Å². The van der Waals surface area contributed by atoms with Crippen molar-refractivity contribution in [1.29, 1.82) is 0 Å². The van der Waals surface area contributed by atoms with Gasteiger partial charge in [-0.1, -0.05) is 0 Å². The molecule has 0 amide bonds. The van der Waals surface area contributed by atoms with Crippen molar-refractivity contribution < 1.29 is 23.8 Å². The molecule has 1 heterocycles. The van der Waals surface area contributed by atoms with Crippen LogP contribution in [0.15, 0.2) is 0 Å². The third-order valence-electron chi connectivity index (χ3n) is 1.59. The largest absolute Gasteiger partial charge is 0.510 e. The normalized spacial score (nSPS) is 10.1. The lowest BCUT2D eigenvalue weighted by atomic mass is 10.5. The van der Waals surface area contributed by atoms with Crippen LogP contribution in [0.4, 0.5) is 4.79 Å². The van der Waals surface area contributed by atoms with Crippen LogP contribution in [0.3, 0.4) is 0 Å². The molecular formula is C9H14N4O5. The molecule has 1 rings (SSSR count). The molecule has 1 aromatic heterocycles. The van der Waals surface area contributed by atoms with Crippen molar-refractivity contribution in [2.45, 2.75) is 27.2 Å². The fraction of sp³-hybridized carbons (Fsp3) is 0.667. The highest BCUT2D eigenvalue weighted by atomic mass is 16.7. The zero-order chi connectivity index (χ0) is 13.4. The second kappa shape index (κ2) is 7.33. The summed E-state index contributed by atoms with van der Waals surface area (Å²) in [6, 6.07) is 0. The summed E-state index contributed by atoms with van der Waals surface area (Å²) in [5.74, 6) is 0.205. The first-order chi connectivity index (χ1) is 8.61. The van der Waals surface area contributed by atoms with Gasteiger partial charge in [0.2, 0.25) is 12.6 Å². The first kappa shape index (κ1) is 14.0. The first-order valence-electron chi connectivity index (χ1n) is 5.25. The van der Waals surface area contributed by atoms with Gasteiger partial charge in [-0.2, -0.15) is 0 Å².